The summed E-state index contributed by atoms with van der Waals surface area (Å²) in [5.41, 5.74) is 0.952. The summed E-state index contributed by atoms with van der Waals surface area (Å²) in [7, 11) is 1.77. The Morgan fingerprint density at radius 1 is 1.13 bits per heavy atom. The first-order chi connectivity index (χ1) is 18.8. The van der Waals surface area contributed by atoms with Crippen molar-refractivity contribution in [2.75, 3.05) is 0 Å². The van der Waals surface area contributed by atoms with Gasteiger partial charge < -0.3 is 19.4 Å². The van der Waals surface area contributed by atoms with Crippen molar-refractivity contribution in [3.63, 3.8) is 0 Å². The van der Waals surface area contributed by atoms with Crippen LogP contribution in [0.1, 0.15) is 41.6 Å². The van der Waals surface area contributed by atoms with Crippen LogP contribution in [0.2, 0.25) is 0 Å². The number of hydrogen-bond donors (Lipinski definition) is 2. The molecule has 2 N–H and O–H groups in total. The Hall–Kier alpha value is -4.31. The zero-order chi connectivity index (χ0) is 27.3. The Labute approximate surface area is 221 Å². The van der Waals surface area contributed by atoms with Gasteiger partial charge >= 0.3 is 0 Å². The molecule has 5 aromatic rings. The van der Waals surface area contributed by atoms with E-state index in [1.165, 1.54) is 30.7 Å². The number of benzene rings is 2. The van der Waals surface area contributed by atoms with Gasteiger partial charge in [0.15, 0.2) is 5.58 Å². The fourth-order valence-electron chi connectivity index (χ4n) is 5.41. The van der Waals surface area contributed by atoms with Crippen LogP contribution in [0.3, 0.4) is 0 Å². The molecule has 200 valence electrons. The van der Waals surface area contributed by atoms with Gasteiger partial charge in [-0.2, -0.15) is 5.10 Å². The summed E-state index contributed by atoms with van der Waals surface area (Å²) in [6, 6.07) is 8.82. The fourth-order valence-corrected chi connectivity index (χ4v) is 5.41. The lowest BCUT2D eigenvalue weighted by atomic mass is 9.92. The highest BCUT2D eigenvalue weighted by Gasteiger charge is 2.27. The largest absolute Gasteiger partial charge is 0.463 e. The molecule has 0 saturated heterocycles. The second-order valence-electron chi connectivity index (χ2n) is 10.0. The zero-order valence-electron chi connectivity index (χ0n) is 21.2. The number of furan rings is 1. The first kappa shape index (κ1) is 25.0. The number of hydrogen-bond acceptors (Lipinski definition) is 5. The zero-order valence-corrected chi connectivity index (χ0v) is 21.2. The van der Waals surface area contributed by atoms with Gasteiger partial charge in [0, 0.05) is 30.4 Å². The van der Waals surface area contributed by atoms with Crippen LogP contribution in [0, 0.1) is 11.6 Å². The van der Waals surface area contributed by atoms with E-state index < -0.39 is 41.8 Å². The number of aliphatic hydroxyl groups is 1. The van der Waals surface area contributed by atoms with E-state index in [1.807, 2.05) is 6.07 Å². The van der Waals surface area contributed by atoms with E-state index in [0.29, 0.717) is 29.5 Å². The average molecular weight is 533 g/mol. The molecule has 3 aromatic heterocycles. The van der Waals surface area contributed by atoms with Gasteiger partial charge in [0.1, 0.15) is 11.6 Å². The number of pyridine rings is 1. The van der Waals surface area contributed by atoms with Crippen LogP contribution in [0.5, 0.6) is 0 Å². The minimum Gasteiger partial charge on any atom is -0.463 e. The topological polar surface area (TPSA) is 102 Å². The number of aliphatic hydroxyl groups excluding tert-OH is 1. The highest BCUT2D eigenvalue weighted by Crippen LogP contribution is 2.31. The number of amides is 1. The molecule has 1 saturated carbocycles. The summed E-state index contributed by atoms with van der Waals surface area (Å²) in [5.74, 6) is -2.17. The van der Waals surface area contributed by atoms with E-state index in [2.05, 4.69) is 10.4 Å². The van der Waals surface area contributed by atoms with E-state index >= 15 is 8.78 Å². The first-order valence-electron chi connectivity index (χ1n) is 12.8. The van der Waals surface area contributed by atoms with E-state index in [1.54, 1.807) is 30.1 Å². The molecule has 1 aliphatic rings. The van der Waals surface area contributed by atoms with Gasteiger partial charge in [-0.05, 0) is 48.2 Å². The lowest BCUT2D eigenvalue weighted by Gasteiger charge is -2.28. The molecule has 10 heteroatoms. The summed E-state index contributed by atoms with van der Waals surface area (Å²) in [6.07, 6.45) is 6.63. The minimum absolute atomic E-state index is 0.0491. The maximum Gasteiger partial charge on any atom is 0.262 e. The summed E-state index contributed by atoms with van der Waals surface area (Å²) < 4.78 is 38.9. The Kier molecular flexibility index (Phi) is 6.26. The Morgan fingerprint density at radius 2 is 1.90 bits per heavy atom. The predicted octanol–water partition coefficient (Wildman–Crippen LogP) is 4.51. The molecule has 1 amide bonds. The van der Waals surface area contributed by atoms with Crippen LogP contribution in [-0.4, -0.2) is 37.5 Å². The summed E-state index contributed by atoms with van der Waals surface area (Å²) >= 11 is 0. The molecule has 0 bridgehead atoms. The van der Waals surface area contributed by atoms with Crippen molar-refractivity contribution in [3.8, 4) is 11.1 Å². The number of aryl methyl sites for hydroxylation is 1. The molecule has 6 rings (SSSR count). The fraction of sp³-hybridized carbons (Fsp3) is 0.276. The lowest BCUT2D eigenvalue weighted by molar-refractivity contribution is 0.0717. The molecule has 1 fully saturated rings. The number of nitrogens with zero attached hydrogens (tertiary/aromatic N) is 3. The molecule has 0 spiro atoms. The van der Waals surface area contributed by atoms with Crippen molar-refractivity contribution in [2.24, 2.45) is 7.05 Å². The molecule has 0 unspecified atom stereocenters. The van der Waals surface area contributed by atoms with Crippen molar-refractivity contribution in [2.45, 2.75) is 44.4 Å². The third-order valence-corrected chi connectivity index (χ3v) is 7.42. The Bertz CT molecular complexity index is 1760. The molecule has 2 aromatic carbocycles. The number of rotatable bonds is 5. The molecule has 2 atom stereocenters. The second kappa shape index (κ2) is 9.77. The van der Waals surface area contributed by atoms with Crippen molar-refractivity contribution in [1.82, 2.24) is 19.7 Å². The van der Waals surface area contributed by atoms with Gasteiger partial charge in [-0.25, -0.2) is 8.78 Å². The van der Waals surface area contributed by atoms with Crippen LogP contribution >= 0.6 is 0 Å². The van der Waals surface area contributed by atoms with Gasteiger partial charge in [0.05, 0.1) is 41.4 Å². The standard InChI is InChI=1S/C29H26F2N4O4/c1-34-13-19-17(5-4-7-24(19)33-34)16-11-22(30)20(23(31)12-16)14-35-15-21(27-18(29(35)38)9-10-39-27)28(37)32-25-6-2-3-8-26(25)36/h4-5,7,9-13,15,25-26,36H,2-3,6,8,14H2,1H3,(H,32,37)/t25-,26-/m0/s1. The molecular weight excluding hydrogens is 506 g/mol. The number of halogens is 2. The van der Waals surface area contributed by atoms with Crippen LogP contribution in [0.15, 0.2) is 64.3 Å². The third-order valence-electron chi connectivity index (χ3n) is 7.42. The maximum absolute atomic E-state index is 15.4. The van der Waals surface area contributed by atoms with Crippen molar-refractivity contribution in [1.29, 1.82) is 0 Å². The maximum atomic E-state index is 15.4. The molecule has 3 heterocycles. The van der Waals surface area contributed by atoms with Crippen molar-refractivity contribution in [3.05, 3.63) is 88.2 Å². The lowest BCUT2D eigenvalue weighted by Crippen LogP contribution is -2.45. The molecule has 39 heavy (non-hydrogen) atoms. The van der Waals surface area contributed by atoms with E-state index in [0.717, 1.165) is 22.8 Å². The molecule has 1 aliphatic carbocycles. The van der Waals surface area contributed by atoms with Crippen molar-refractivity contribution < 1.29 is 23.1 Å². The number of fused-ring (bicyclic) bond motifs is 2. The molecule has 8 nitrogen and oxygen atoms in total. The van der Waals surface area contributed by atoms with E-state index in [4.69, 9.17) is 4.42 Å². The molecular formula is C29H26F2N4O4. The van der Waals surface area contributed by atoms with Gasteiger partial charge in [0.2, 0.25) is 0 Å². The number of carbonyl (C=O) groups excluding carboxylic acids is 1. The SMILES string of the molecule is Cn1cc2c(-c3cc(F)c(Cn4cc(C(=O)N[C@H]5CCCC[C@@H]5O)c5occc5c4=O)c(F)c3)cccc2n1. The Balaban J connectivity index is 1.36. The monoisotopic (exact) mass is 532 g/mol. The normalized spacial score (nSPS) is 17.6. The van der Waals surface area contributed by atoms with Crippen LogP contribution in [-0.2, 0) is 13.6 Å². The summed E-state index contributed by atoms with van der Waals surface area (Å²) in [6.45, 7) is -0.429. The summed E-state index contributed by atoms with van der Waals surface area (Å²) in [5, 5.41) is 18.3. The molecule has 0 aliphatic heterocycles. The van der Waals surface area contributed by atoms with Gasteiger partial charge in [-0.1, -0.05) is 25.0 Å². The number of aromatic nitrogens is 3. The smallest absolute Gasteiger partial charge is 0.262 e. The second-order valence-corrected chi connectivity index (χ2v) is 10.0. The quantitative estimate of drug-likeness (QED) is 0.347. The summed E-state index contributed by atoms with van der Waals surface area (Å²) in [4.78, 5) is 26.3. The van der Waals surface area contributed by atoms with Gasteiger partial charge in [0.25, 0.3) is 11.5 Å². The Morgan fingerprint density at radius 3 is 2.67 bits per heavy atom. The number of carbonyl (C=O) groups is 1. The van der Waals surface area contributed by atoms with Crippen LogP contribution in [0.4, 0.5) is 8.78 Å². The predicted molar refractivity (Wildman–Crippen MR) is 141 cm³/mol. The minimum atomic E-state index is -0.818. The van der Waals surface area contributed by atoms with Gasteiger partial charge in [-0.3, -0.25) is 14.3 Å². The third kappa shape index (κ3) is 4.50. The van der Waals surface area contributed by atoms with Crippen LogP contribution < -0.4 is 10.9 Å². The highest BCUT2D eigenvalue weighted by molar-refractivity contribution is 6.04. The average Bonchev–Trinajstić information content (AvgIpc) is 3.55. The highest BCUT2D eigenvalue weighted by atomic mass is 19.1. The van der Waals surface area contributed by atoms with Gasteiger partial charge in [-0.15, -0.1) is 0 Å². The van der Waals surface area contributed by atoms with Crippen LogP contribution in [0.25, 0.3) is 33.0 Å². The number of nitrogens with one attached hydrogen (secondary N) is 1. The first-order valence-corrected chi connectivity index (χ1v) is 12.8. The van der Waals surface area contributed by atoms with E-state index in [9.17, 15) is 14.7 Å². The van der Waals surface area contributed by atoms with E-state index in [-0.39, 0.29) is 22.1 Å². The van der Waals surface area contributed by atoms with Crippen molar-refractivity contribution >= 4 is 27.8 Å². The molecule has 0 radical (unpaired) electrons.